The number of hydrogen-bond donors (Lipinski definition) is 3. The largest absolute Gasteiger partial charge is 0.506 e. The predicted molar refractivity (Wildman–Crippen MR) is 106 cm³/mol. The van der Waals surface area contributed by atoms with E-state index in [1.807, 2.05) is 4.90 Å². The molecule has 7 heteroatoms. The normalized spacial score (nSPS) is 15.2. The van der Waals surface area contributed by atoms with Crippen molar-refractivity contribution in [1.82, 2.24) is 4.90 Å². The standard InChI is InChI=1S/C21H24FN3O3/c1-14-6-7-16(12-17(14)22)23-20(27)13-25-10-8-15(9-11-25)21(28)24-18-4-2-3-5-19(18)26/h2-7,12,15,26H,8-11,13H2,1H3,(H,23,27)(H,24,28). The minimum absolute atomic E-state index is 0.0394. The molecule has 28 heavy (non-hydrogen) atoms. The van der Waals surface area contributed by atoms with Crippen LogP contribution < -0.4 is 10.6 Å². The Labute approximate surface area is 163 Å². The van der Waals surface area contributed by atoms with Crippen molar-refractivity contribution in [2.75, 3.05) is 30.3 Å². The molecule has 2 aromatic rings. The molecule has 0 radical (unpaired) electrons. The lowest BCUT2D eigenvalue weighted by molar-refractivity contribution is -0.121. The van der Waals surface area contributed by atoms with Crippen molar-refractivity contribution < 1.29 is 19.1 Å². The van der Waals surface area contributed by atoms with Crippen LogP contribution in [-0.2, 0) is 9.59 Å². The monoisotopic (exact) mass is 385 g/mol. The number of likely N-dealkylation sites (tertiary alicyclic amines) is 1. The van der Waals surface area contributed by atoms with Gasteiger partial charge in [0.05, 0.1) is 12.2 Å². The van der Waals surface area contributed by atoms with Gasteiger partial charge in [0.25, 0.3) is 0 Å². The molecule has 0 spiro atoms. The first-order valence-corrected chi connectivity index (χ1v) is 9.29. The second-order valence-corrected chi connectivity index (χ2v) is 7.07. The predicted octanol–water partition coefficient (Wildman–Crippen LogP) is 3.13. The summed E-state index contributed by atoms with van der Waals surface area (Å²) in [5, 5.41) is 15.2. The number of aromatic hydroxyl groups is 1. The summed E-state index contributed by atoms with van der Waals surface area (Å²) >= 11 is 0. The van der Waals surface area contributed by atoms with Gasteiger partial charge in [-0.05, 0) is 62.7 Å². The fourth-order valence-corrected chi connectivity index (χ4v) is 3.24. The van der Waals surface area contributed by atoms with E-state index in [0.717, 1.165) is 0 Å². The van der Waals surface area contributed by atoms with Gasteiger partial charge in [0.15, 0.2) is 0 Å². The SMILES string of the molecule is Cc1ccc(NC(=O)CN2CCC(C(=O)Nc3ccccc3O)CC2)cc1F. The number of para-hydroxylation sites is 2. The topological polar surface area (TPSA) is 81.7 Å². The van der Waals surface area contributed by atoms with Gasteiger partial charge >= 0.3 is 0 Å². The number of benzene rings is 2. The van der Waals surface area contributed by atoms with Gasteiger partial charge in [-0.2, -0.15) is 0 Å². The maximum absolute atomic E-state index is 13.6. The number of hydrogen-bond acceptors (Lipinski definition) is 4. The molecule has 0 atom stereocenters. The highest BCUT2D eigenvalue weighted by Gasteiger charge is 2.26. The van der Waals surface area contributed by atoms with E-state index in [1.54, 1.807) is 37.3 Å². The molecule has 0 saturated carbocycles. The van der Waals surface area contributed by atoms with Crippen molar-refractivity contribution in [3.63, 3.8) is 0 Å². The van der Waals surface area contributed by atoms with Gasteiger partial charge in [-0.15, -0.1) is 0 Å². The Hall–Kier alpha value is -2.93. The number of amides is 2. The molecule has 0 aliphatic carbocycles. The molecule has 2 amide bonds. The van der Waals surface area contributed by atoms with E-state index >= 15 is 0 Å². The zero-order valence-corrected chi connectivity index (χ0v) is 15.7. The fraction of sp³-hybridized carbons (Fsp3) is 0.333. The lowest BCUT2D eigenvalue weighted by Crippen LogP contribution is -2.41. The lowest BCUT2D eigenvalue weighted by atomic mass is 9.95. The first kappa shape index (κ1) is 19.8. The van der Waals surface area contributed by atoms with Crippen LogP contribution in [0.4, 0.5) is 15.8 Å². The molecule has 1 fully saturated rings. The highest BCUT2D eigenvalue weighted by molar-refractivity contribution is 5.94. The number of nitrogens with zero attached hydrogens (tertiary/aromatic N) is 1. The minimum Gasteiger partial charge on any atom is -0.506 e. The van der Waals surface area contributed by atoms with Crippen LogP contribution in [0.3, 0.4) is 0 Å². The average Bonchev–Trinajstić information content (AvgIpc) is 2.67. The molecule has 3 N–H and O–H groups in total. The molecule has 1 saturated heterocycles. The Balaban J connectivity index is 1.45. The van der Waals surface area contributed by atoms with E-state index in [2.05, 4.69) is 10.6 Å². The molecular formula is C21H24FN3O3. The molecule has 3 rings (SSSR count). The van der Waals surface area contributed by atoms with Crippen LogP contribution in [0.1, 0.15) is 18.4 Å². The molecule has 0 aromatic heterocycles. The zero-order valence-electron chi connectivity index (χ0n) is 15.7. The summed E-state index contributed by atoms with van der Waals surface area (Å²) in [6.45, 7) is 3.10. The summed E-state index contributed by atoms with van der Waals surface area (Å²) in [7, 11) is 0. The highest BCUT2D eigenvalue weighted by Crippen LogP contribution is 2.24. The summed E-state index contributed by atoms with van der Waals surface area (Å²) in [6, 6.07) is 11.2. The van der Waals surface area contributed by atoms with Gasteiger partial charge in [0.2, 0.25) is 11.8 Å². The first-order chi connectivity index (χ1) is 13.4. The Morgan fingerprint density at radius 3 is 2.54 bits per heavy atom. The second kappa shape index (κ2) is 8.84. The lowest BCUT2D eigenvalue weighted by Gasteiger charge is -2.30. The van der Waals surface area contributed by atoms with E-state index in [0.29, 0.717) is 42.9 Å². The smallest absolute Gasteiger partial charge is 0.238 e. The third kappa shape index (κ3) is 5.07. The fourth-order valence-electron chi connectivity index (χ4n) is 3.24. The second-order valence-electron chi connectivity index (χ2n) is 7.07. The number of carbonyl (C=O) groups excluding carboxylic acids is 2. The van der Waals surface area contributed by atoms with Gasteiger partial charge in [0.1, 0.15) is 11.6 Å². The average molecular weight is 385 g/mol. The van der Waals surface area contributed by atoms with Crippen molar-refractivity contribution in [2.45, 2.75) is 19.8 Å². The summed E-state index contributed by atoms with van der Waals surface area (Å²) in [5.41, 5.74) is 1.37. The van der Waals surface area contributed by atoms with Crippen molar-refractivity contribution in [3.8, 4) is 5.75 Å². The number of halogens is 1. The quantitative estimate of drug-likeness (QED) is 0.691. The van der Waals surface area contributed by atoms with E-state index < -0.39 is 0 Å². The summed E-state index contributed by atoms with van der Waals surface area (Å²) in [5.74, 6) is -0.808. The summed E-state index contributed by atoms with van der Waals surface area (Å²) < 4.78 is 13.6. The molecule has 2 aromatic carbocycles. The maximum atomic E-state index is 13.6. The Kier molecular flexibility index (Phi) is 6.26. The molecule has 0 unspecified atom stereocenters. The van der Waals surface area contributed by atoms with Crippen molar-refractivity contribution in [1.29, 1.82) is 0 Å². The number of anilines is 2. The molecular weight excluding hydrogens is 361 g/mol. The number of carbonyl (C=O) groups is 2. The molecule has 1 aliphatic heterocycles. The molecule has 1 heterocycles. The number of phenols is 1. The third-order valence-electron chi connectivity index (χ3n) is 4.94. The summed E-state index contributed by atoms with van der Waals surface area (Å²) in [6.07, 6.45) is 1.26. The Bertz CT molecular complexity index is 864. The number of rotatable bonds is 5. The molecule has 0 bridgehead atoms. The van der Waals surface area contributed by atoms with Crippen LogP contribution in [-0.4, -0.2) is 41.5 Å². The van der Waals surface area contributed by atoms with Crippen LogP contribution >= 0.6 is 0 Å². The van der Waals surface area contributed by atoms with Gasteiger partial charge in [-0.3, -0.25) is 14.5 Å². The number of nitrogens with one attached hydrogen (secondary N) is 2. The van der Waals surface area contributed by atoms with Crippen LogP contribution in [0.5, 0.6) is 5.75 Å². The summed E-state index contributed by atoms with van der Waals surface area (Å²) in [4.78, 5) is 26.6. The number of aryl methyl sites for hydroxylation is 1. The highest BCUT2D eigenvalue weighted by atomic mass is 19.1. The third-order valence-corrected chi connectivity index (χ3v) is 4.94. The Morgan fingerprint density at radius 1 is 1.14 bits per heavy atom. The molecule has 6 nitrogen and oxygen atoms in total. The number of phenolic OH excluding ortho intramolecular Hbond substituents is 1. The van der Waals surface area contributed by atoms with Crippen molar-refractivity contribution in [3.05, 3.63) is 53.8 Å². The van der Waals surface area contributed by atoms with Gasteiger partial charge < -0.3 is 15.7 Å². The van der Waals surface area contributed by atoms with E-state index in [9.17, 15) is 19.1 Å². The zero-order chi connectivity index (χ0) is 20.1. The van der Waals surface area contributed by atoms with Crippen LogP contribution in [0.2, 0.25) is 0 Å². The van der Waals surface area contributed by atoms with E-state index in [-0.39, 0.29) is 35.8 Å². The van der Waals surface area contributed by atoms with Gasteiger partial charge in [0, 0.05) is 11.6 Å². The van der Waals surface area contributed by atoms with Crippen LogP contribution in [0.25, 0.3) is 0 Å². The van der Waals surface area contributed by atoms with E-state index in [4.69, 9.17) is 0 Å². The number of piperidine rings is 1. The van der Waals surface area contributed by atoms with Gasteiger partial charge in [-0.1, -0.05) is 18.2 Å². The van der Waals surface area contributed by atoms with Gasteiger partial charge in [-0.25, -0.2) is 4.39 Å². The molecule has 1 aliphatic rings. The van der Waals surface area contributed by atoms with E-state index in [1.165, 1.54) is 12.1 Å². The van der Waals surface area contributed by atoms with Crippen molar-refractivity contribution >= 4 is 23.2 Å². The van der Waals surface area contributed by atoms with Crippen LogP contribution in [0, 0.1) is 18.7 Å². The van der Waals surface area contributed by atoms with Crippen LogP contribution in [0.15, 0.2) is 42.5 Å². The minimum atomic E-state index is -0.353. The first-order valence-electron chi connectivity index (χ1n) is 9.29. The Morgan fingerprint density at radius 2 is 1.86 bits per heavy atom. The van der Waals surface area contributed by atoms with Crippen molar-refractivity contribution in [2.24, 2.45) is 5.92 Å². The molecule has 148 valence electrons. The maximum Gasteiger partial charge on any atom is 0.238 e.